The molecule has 0 rings (SSSR count). The minimum atomic E-state index is -1.51. The third kappa shape index (κ3) is 2.44. The molecule has 0 bridgehead atoms. The second-order valence-electron chi connectivity index (χ2n) is 0.797. The minimum absolute atomic E-state index is 0.305. The molecule has 7 heavy (non-hydrogen) atoms. The molecule has 0 aromatic carbocycles. The summed E-state index contributed by atoms with van der Waals surface area (Å²) >= 11 is -0.305. The van der Waals surface area contributed by atoms with Gasteiger partial charge in [0.15, 0.2) is 0 Å². The molecule has 0 aromatic rings. The number of rotatable bonds is 0. The third-order valence-corrected chi connectivity index (χ3v) is 1.42. The first-order valence-electron chi connectivity index (χ1n) is 1.49. The molecule has 0 aliphatic heterocycles. The van der Waals surface area contributed by atoms with Crippen molar-refractivity contribution in [2.45, 2.75) is 0 Å². The van der Waals surface area contributed by atoms with E-state index in [1.165, 1.54) is 0 Å². The molecule has 0 saturated heterocycles. The van der Waals surface area contributed by atoms with E-state index in [-0.39, 0.29) is 22.9 Å². The van der Waals surface area contributed by atoms with E-state index in [4.69, 9.17) is 5.11 Å². The standard InChI is InChI=1S/C2H2O4.Sn.3H/c3-1(4)2(5)6;;;;/h(H,3,4)(H,5,6);;;;/q;+1;;;/p-1. The Morgan fingerprint density at radius 3 is 2.00 bits per heavy atom. The van der Waals surface area contributed by atoms with Gasteiger partial charge in [0.05, 0.1) is 0 Å². The van der Waals surface area contributed by atoms with E-state index in [9.17, 15) is 9.59 Å². The van der Waals surface area contributed by atoms with Gasteiger partial charge in [0.25, 0.3) is 0 Å². The summed E-state index contributed by atoms with van der Waals surface area (Å²) < 4.78 is 3.98. The molecule has 0 aliphatic rings. The molecule has 40 valence electrons. The van der Waals surface area contributed by atoms with Crippen molar-refractivity contribution in [3.63, 3.8) is 0 Å². The molecule has 0 heterocycles. The predicted octanol–water partition coefficient (Wildman–Crippen LogP) is -2.11. The van der Waals surface area contributed by atoms with Crippen LogP contribution in [0.1, 0.15) is 0 Å². The molecule has 0 amide bonds. The number of carboxylic acid groups (broad SMARTS) is 1. The summed E-state index contributed by atoms with van der Waals surface area (Å²) in [6.07, 6.45) is 0. The van der Waals surface area contributed by atoms with Crippen LogP contribution in [0.5, 0.6) is 0 Å². The molecule has 0 radical (unpaired) electrons. The van der Waals surface area contributed by atoms with E-state index in [0.29, 0.717) is 0 Å². The fraction of sp³-hybridized carbons (Fsp3) is 0. The van der Waals surface area contributed by atoms with Crippen molar-refractivity contribution in [2.75, 3.05) is 0 Å². The zero-order valence-electron chi connectivity index (χ0n) is 3.67. The van der Waals surface area contributed by atoms with Crippen molar-refractivity contribution in [3.05, 3.63) is 0 Å². The summed E-state index contributed by atoms with van der Waals surface area (Å²) in [7, 11) is 0. The fourth-order valence-electron chi connectivity index (χ4n) is 0.0873. The van der Waals surface area contributed by atoms with Crippen molar-refractivity contribution in [1.29, 1.82) is 0 Å². The van der Waals surface area contributed by atoms with Crippen LogP contribution in [-0.4, -0.2) is 40.0 Å². The Morgan fingerprint density at radius 1 is 1.57 bits per heavy atom. The fourth-order valence-corrected chi connectivity index (χ4v) is 0.586. The number of carbonyl (C=O) groups excluding carboxylic acids is 1. The average Bonchev–Trinajstić information content (AvgIpc) is 1.65. The topological polar surface area (TPSA) is 63.6 Å². The Bertz CT molecular complexity index is 97.9. The van der Waals surface area contributed by atoms with Crippen molar-refractivity contribution in [1.82, 2.24) is 0 Å². The maximum atomic E-state index is 9.74. The second kappa shape index (κ2) is 2.84. The number of carboxylic acids is 1. The maximum absolute atomic E-state index is 9.74. The Labute approximate surface area is 53.1 Å². The Hall–Kier alpha value is -0.261. The van der Waals surface area contributed by atoms with Gasteiger partial charge < -0.3 is 0 Å². The zero-order valence-corrected chi connectivity index (χ0v) is 9.38. The summed E-state index contributed by atoms with van der Waals surface area (Å²) in [4.78, 5) is 19.2. The van der Waals surface area contributed by atoms with Crippen LogP contribution in [0, 0.1) is 0 Å². The van der Waals surface area contributed by atoms with E-state index >= 15 is 0 Å². The van der Waals surface area contributed by atoms with Gasteiger partial charge >= 0.3 is 52.6 Å². The van der Waals surface area contributed by atoms with E-state index in [1.54, 1.807) is 0 Å². The first kappa shape index (κ1) is 6.74. The second-order valence-corrected chi connectivity index (χ2v) is 1.96. The summed E-state index contributed by atoms with van der Waals surface area (Å²) in [6, 6.07) is 0. The van der Waals surface area contributed by atoms with Crippen LogP contribution in [0.2, 0.25) is 0 Å². The molecule has 0 aliphatic carbocycles. The first-order valence-corrected chi connectivity index (χ1v) is 3.82. The number of hydrogen-bond donors (Lipinski definition) is 1. The van der Waals surface area contributed by atoms with E-state index in [1.807, 2.05) is 0 Å². The summed E-state index contributed by atoms with van der Waals surface area (Å²) in [5.41, 5.74) is 0. The SMILES string of the molecule is O=C(O)C(=O)[O][SnH3]. The zero-order chi connectivity index (χ0) is 5.86. The Balaban J connectivity index is 3.58. The van der Waals surface area contributed by atoms with Crippen LogP contribution in [0.4, 0.5) is 0 Å². The van der Waals surface area contributed by atoms with Gasteiger partial charge in [-0.05, 0) is 0 Å². The molecule has 0 fully saturated rings. The van der Waals surface area contributed by atoms with Gasteiger partial charge in [0.1, 0.15) is 0 Å². The first-order chi connectivity index (χ1) is 3.18. The predicted molar refractivity (Wildman–Crippen MR) is 23.7 cm³/mol. The Kier molecular flexibility index (Phi) is 2.73. The summed E-state index contributed by atoms with van der Waals surface area (Å²) in [5.74, 6) is -2.66. The van der Waals surface area contributed by atoms with Crippen LogP contribution in [-0.2, 0) is 12.7 Å². The van der Waals surface area contributed by atoms with Gasteiger partial charge in [0, 0.05) is 0 Å². The summed E-state index contributed by atoms with van der Waals surface area (Å²) in [6.45, 7) is 0. The number of aliphatic carboxylic acids is 1. The molecule has 0 atom stereocenters. The molecular formula is C2H4O4Sn. The third-order valence-electron chi connectivity index (χ3n) is 0.360. The van der Waals surface area contributed by atoms with E-state index in [0.717, 1.165) is 0 Å². The Morgan fingerprint density at radius 2 is 2.00 bits per heavy atom. The average molecular weight is 211 g/mol. The molecular weight excluding hydrogens is 207 g/mol. The number of carbonyl (C=O) groups is 2. The molecule has 0 unspecified atom stereocenters. The van der Waals surface area contributed by atoms with Crippen molar-refractivity contribution >= 4 is 34.9 Å². The van der Waals surface area contributed by atoms with Crippen LogP contribution < -0.4 is 0 Å². The number of hydrogen-bond acceptors (Lipinski definition) is 3. The van der Waals surface area contributed by atoms with E-state index < -0.39 is 11.9 Å². The molecule has 4 nitrogen and oxygen atoms in total. The molecule has 0 spiro atoms. The van der Waals surface area contributed by atoms with Gasteiger partial charge in [-0.2, -0.15) is 0 Å². The molecule has 5 heteroatoms. The van der Waals surface area contributed by atoms with Gasteiger partial charge in [-0.1, -0.05) is 0 Å². The van der Waals surface area contributed by atoms with Gasteiger partial charge in [0.2, 0.25) is 0 Å². The molecule has 0 aromatic heterocycles. The monoisotopic (exact) mass is 212 g/mol. The van der Waals surface area contributed by atoms with Crippen LogP contribution in [0.15, 0.2) is 0 Å². The van der Waals surface area contributed by atoms with Crippen LogP contribution in [0.3, 0.4) is 0 Å². The van der Waals surface area contributed by atoms with Crippen molar-refractivity contribution in [3.8, 4) is 0 Å². The summed E-state index contributed by atoms with van der Waals surface area (Å²) in [5, 5.41) is 7.74. The van der Waals surface area contributed by atoms with Crippen molar-refractivity contribution in [2.24, 2.45) is 0 Å². The van der Waals surface area contributed by atoms with Gasteiger partial charge in [-0.25, -0.2) is 0 Å². The van der Waals surface area contributed by atoms with E-state index in [2.05, 4.69) is 3.07 Å². The van der Waals surface area contributed by atoms with Gasteiger partial charge in [-0.15, -0.1) is 0 Å². The molecule has 1 N–H and O–H groups in total. The van der Waals surface area contributed by atoms with Crippen LogP contribution >= 0.6 is 0 Å². The normalized spacial score (nSPS) is 8.00. The quantitative estimate of drug-likeness (QED) is 0.368. The van der Waals surface area contributed by atoms with Crippen molar-refractivity contribution < 1.29 is 17.8 Å². The van der Waals surface area contributed by atoms with Crippen LogP contribution in [0.25, 0.3) is 0 Å². The molecule has 0 saturated carbocycles. The van der Waals surface area contributed by atoms with Gasteiger partial charge in [-0.3, -0.25) is 0 Å².